The van der Waals surface area contributed by atoms with Crippen molar-refractivity contribution >= 4 is 5.97 Å². The maximum atomic E-state index is 12.3. The summed E-state index contributed by atoms with van der Waals surface area (Å²) in [7, 11) is 0. The van der Waals surface area contributed by atoms with Crippen LogP contribution in [0.4, 0.5) is 0 Å². The molecule has 0 saturated carbocycles. The second kappa shape index (κ2) is 5.36. The fraction of sp³-hybridized carbons (Fsp3) is 0.923. The van der Waals surface area contributed by atoms with Crippen LogP contribution < -0.4 is 5.32 Å². The van der Waals surface area contributed by atoms with E-state index in [1.54, 1.807) is 0 Å². The van der Waals surface area contributed by atoms with Crippen LogP contribution in [-0.4, -0.2) is 49.2 Å². The lowest BCUT2D eigenvalue weighted by molar-refractivity contribution is -0.155. The van der Waals surface area contributed by atoms with Crippen LogP contribution in [0.2, 0.25) is 0 Å². The Balaban J connectivity index is 2.13. The molecule has 1 N–H and O–H groups in total. The average Bonchev–Trinajstić information content (AvgIpc) is 2.73. The Bertz CT molecular complexity index is 283. The molecule has 2 aliphatic heterocycles. The van der Waals surface area contributed by atoms with E-state index in [1.165, 1.54) is 0 Å². The van der Waals surface area contributed by atoms with Gasteiger partial charge in [0.2, 0.25) is 0 Å². The lowest BCUT2D eigenvalue weighted by Crippen LogP contribution is -2.62. The predicted octanol–water partition coefficient (Wildman–Crippen LogP) is 1.01. The summed E-state index contributed by atoms with van der Waals surface area (Å²) in [6.45, 7) is 8.60. The molecule has 2 fully saturated rings. The standard InChI is InChI=1S/C13H24N2O2/c1-3-7-14-13(12(16)17-4-2)6-9-15-8-5-11(13)10-15/h11,14H,3-10H2,1-2H3. The Labute approximate surface area is 104 Å². The Morgan fingerprint density at radius 1 is 1.47 bits per heavy atom. The molecule has 2 saturated heterocycles. The van der Waals surface area contributed by atoms with Gasteiger partial charge in [-0.05, 0) is 39.3 Å². The molecule has 2 aliphatic rings. The van der Waals surface area contributed by atoms with Gasteiger partial charge in [0, 0.05) is 19.0 Å². The smallest absolute Gasteiger partial charge is 0.326 e. The second-order valence-electron chi connectivity index (χ2n) is 5.15. The Kier molecular flexibility index (Phi) is 4.05. The van der Waals surface area contributed by atoms with Crippen molar-refractivity contribution in [2.24, 2.45) is 5.92 Å². The number of fused-ring (bicyclic) bond motifs is 2. The van der Waals surface area contributed by atoms with E-state index in [0.717, 1.165) is 45.4 Å². The summed E-state index contributed by atoms with van der Waals surface area (Å²) in [6, 6.07) is 0. The van der Waals surface area contributed by atoms with Gasteiger partial charge < -0.3 is 15.0 Å². The summed E-state index contributed by atoms with van der Waals surface area (Å²) in [5.74, 6) is 0.404. The van der Waals surface area contributed by atoms with Crippen molar-refractivity contribution in [3.63, 3.8) is 0 Å². The van der Waals surface area contributed by atoms with E-state index in [0.29, 0.717) is 12.5 Å². The van der Waals surface area contributed by atoms with Crippen molar-refractivity contribution < 1.29 is 9.53 Å². The third kappa shape index (κ3) is 2.33. The number of hydrogen-bond acceptors (Lipinski definition) is 4. The lowest BCUT2D eigenvalue weighted by atomic mass is 9.78. The molecule has 0 aromatic rings. The predicted molar refractivity (Wildman–Crippen MR) is 66.8 cm³/mol. The van der Waals surface area contributed by atoms with Crippen LogP contribution in [0.25, 0.3) is 0 Å². The minimum absolute atomic E-state index is 0.0278. The highest BCUT2D eigenvalue weighted by atomic mass is 16.5. The minimum Gasteiger partial charge on any atom is -0.465 e. The maximum Gasteiger partial charge on any atom is 0.326 e. The molecule has 0 radical (unpaired) electrons. The molecular weight excluding hydrogens is 216 g/mol. The van der Waals surface area contributed by atoms with Crippen LogP contribution in [0.5, 0.6) is 0 Å². The third-order valence-corrected chi connectivity index (χ3v) is 4.12. The molecule has 98 valence electrons. The maximum absolute atomic E-state index is 12.3. The van der Waals surface area contributed by atoms with Gasteiger partial charge in [0.25, 0.3) is 0 Å². The summed E-state index contributed by atoms with van der Waals surface area (Å²) in [6.07, 6.45) is 3.07. The zero-order valence-electron chi connectivity index (χ0n) is 11.0. The number of piperidine rings is 1. The largest absolute Gasteiger partial charge is 0.465 e. The molecule has 0 aromatic heterocycles. The molecule has 2 bridgehead atoms. The first kappa shape index (κ1) is 12.8. The topological polar surface area (TPSA) is 41.6 Å². The number of nitrogens with one attached hydrogen (secondary N) is 1. The SMILES string of the molecule is CCCNC1(C(=O)OCC)CCN2CCC1C2. The molecule has 3 unspecified atom stereocenters. The Hall–Kier alpha value is -0.610. The summed E-state index contributed by atoms with van der Waals surface area (Å²) in [5.41, 5.74) is -0.404. The van der Waals surface area contributed by atoms with Gasteiger partial charge >= 0.3 is 5.97 Å². The van der Waals surface area contributed by atoms with Gasteiger partial charge in [0.05, 0.1) is 6.61 Å². The second-order valence-corrected chi connectivity index (χ2v) is 5.15. The molecule has 17 heavy (non-hydrogen) atoms. The van der Waals surface area contributed by atoms with Crippen LogP contribution in [0, 0.1) is 5.92 Å². The van der Waals surface area contributed by atoms with Crippen molar-refractivity contribution in [2.75, 3.05) is 32.8 Å². The first-order chi connectivity index (χ1) is 8.23. The number of carbonyl (C=O) groups excluding carboxylic acids is 1. The molecule has 0 aliphatic carbocycles. The van der Waals surface area contributed by atoms with Crippen LogP contribution in [-0.2, 0) is 9.53 Å². The zero-order valence-corrected chi connectivity index (χ0v) is 11.0. The molecule has 4 heteroatoms. The van der Waals surface area contributed by atoms with E-state index in [1.807, 2.05) is 6.92 Å². The van der Waals surface area contributed by atoms with E-state index in [4.69, 9.17) is 4.74 Å². The molecule has 2 heterocycles. The fourth-order valence-corrected chi connectivity index (χ4v) is 3.16. The van der Waals surface area contributed by atoms with Gasteiger partial charge in [-0.2, -0.15) is 0 Å². The fourth-order valence-electron chi connectivity index (χ4n) is 3.16. The number of hydrogen-bond donors (Lipinski definition) is 1. The number of nitrogens with zero attached hydrogens (tertiary/aromatic N) is 1. The number of ether oxygens (including phenoxy) is 1. The number of esters is 1. The molecular formula is C13H24N2O2. The monoisotopic (exact) mass is 240 g/mol. The minimum atomic E-state index is -0.404. The highest BCUT2D eigenvalue weighted by Crippen LogP contribution is 2.36. The van der Waals surface area contributed by atoms with E-state index in [2.05, 4.69) is 17.1 Å². The molecule has 0 amide bonds. The summed E-state index contributed by atoms with van der Waals surface area (Å²) in [5, 5.41) is 3.50. The van der Waals surface area contributed by atoms with E-state index >= 15 is 0 Å². The molecule has 0 aromatic carbocycles. The van der Waals surface area contributed by atoms with Crippen molar-refractivity contribution in [3.8, 4) is 0 Å². The average molecular weight is 240 g/mol. The highest BCUT2D eigenvalue weighted by Gasteiger charge is 2.51. The molecule has 3 atom stereocenters. The van der Waals surface area contributed by atoms with Crippen molar-refractivity contribution in [2.45, 2.75) is 38.6 Å². The molecule has 0 spiro atoms. The van der Waals surface area contributed by atoms with Crippen molar-refractivity contribution in [1.29, 1.82) is 0 Å². The van der Waals surface area contributed by atoms with Gasteiger partial charge in [-0.3, -0.25) is 4.79 Å². The van der Waals surface area contributed by atoms with Gasteiger partial charge in [-0.15, -0.1) is 0 Å². The summed E-state index contributed by atoms with van der Waals surface area (Å²) < 4.78 is 5.31. The number of carbonyl (C=O) groups is 1. The summed E-state index contributed by atoms with van der Waals surface area (Å²) >= 11 is 0. The van der Waals surface area contributed by atoms with Crippen molar-refractivity contribution in [1.82, 2.24) is 10.2 Å². The Morgan fingerprint density at radius 2 is 2.29 bits per heavy atom. The summed E-state index contributed by atoms with van der Waals surface area (Å²) in [4.78, 5) is 14.8. The van der Waals surface area contributed by atoms with Gasteiger partial charge in [0.15, 0.2) is 0 Å². The third-order valence-electron chi connectivity index (χ3n) is 4.12. The normalized spacial score (nSPS) is 35.9. The molecule has 4 nitrogen and oxygen atoms in total. The quantitative estimate of drug-likeness (QED) is 0.728. The van der Waals surface area contributed by atoms with Crippen LogP contribution in [0.1, 0.15) is 33.1 Å². The number of rotatable bonds is 5. The van der Waals surface area contributed by atoms with E-state index < -0.39 is 5.54 Å². The van der Waals surface area contributed by atoms with Crippen LogP contribution in [0.3, 0.4) is 0 Å². The first-order valence-electron chi connectivity index (χ1n) is 6.87. The van der Waals surface area contributed by atoms with Crippen molar-refractivity contribution in [3.05, 3.63) is 0 Å². The molecule has 2 rings (SSSR count). The zero-order chi connectivity index (χ0) is 12.3. The first-order valence-corrected chi connectivity index (χ1v) is 6.87. The van der Waals surface area contributed by atoms with E-state index in [9.17, 15) is 4.79 Å². The van der Waals surface area contributed by atoms with E-state index in [-0.39, 0.29) is 5.97 Å². The lowest BCUT2D eigenvalue weighted by Gasteiger charge is -2.41. The van der Waals surface area contributed by atoms with Gasteiger partial charge in [0.1, 0.15) is 5.54 Å². The van der Waals surface area contributed by atoms with Gasteiger partial charge in [-0.1, -0.05) is 6.92 Å². The highest BCUT2D eigenvalue weighted by molar-refractivity contribution is 5.81. The van der Waals surface area contributed by atoms with Gasteiger partial charge in [-0.25, -0.2) is 0 Å². The van der Waals surface area contributed by atoms with Crippen LogP contribution >= 0.6 is 0 Å². The van der Waals surface area contributed by atoms with Crippen LogP contribution in [0.15, 0.2) is 0 Å². The Morgan fingerprint density at radius 3 is 3.00 bits per heavy atom.